The van der Waals surface area contributed by atoms with Crippen LogP contribution in [0, 0.1) is 28.6 Å². The minimum absolute atomic E-state index is 0.316. The molecule has 0 spiro atoms. The summed E-state index contributed by atoms with van der Waals surface area (Å²) in [6.07, 6.45) is 4.17. The molecule has 1 N–H and O–H groups in total. The summed E-state index contributed by atoms with van der Waals surface area (Å²) in [5.41, 5.74) is -1.03. The van der Waals surface area contributed by atoms with Gasteiger partial charge in [-0.2, -0.15) is 5.26 Å². The molecule has 3 rings (SSSR count). The number of hydrogen-bond acceptors (Lipinski definition) is 2. The van der Waals surface area contributed by atoms with Gasteiger partial charge < -0.3 is 5.11 Å². The van der Waals surface area contributed by atoms with Crippen LogP contribution in [-0.4, -0.2) is 5.11 Å². The molecule has 100 valence electrons. The lowest BCUT2D eigenvalue weighted by atomic mass is 9.61. The molecule has 2 nitrogen and oxygen atoms in total. The normalized spacial score (nSPS) is 35.9. The molecule has 2 fully saturated rings. The van der Waals surface area contributed by atoms with Crippen LogP contribution in [0.1, 0.15) is 38.2 Å². The second kappa shape index (κ2) is 4.23. The fourth-order valence-corrected chi connectivity index (χ4v) is 4.41. The zero-order chi connectivity index (χ0) is 13.7. The Balaban J connectivity index is 2.06. The van der Waals surface area contributed by atoms with Gasteiger partial charge in [0.05, 0.1) is 11.5 Å². The molecule has 0 amide bonds. The molecular weight excluding hydrogens is 258 g/mol. The van der Waals surface area contributed by atoms with Crippen molar-refractivity contribution in [3.05, 3.63) is 34.9 Å². The number of rotatable bonds is 2. The number of benzene rings is 1. The standard InChI is InChI=1S/C16H18ClNO/c1-15(19,12-3-2-4-14(17)8-12)16(10-18)9-11-5-6-13(16)7-11/h2-4,8,11,13,19H,5-7,9H2,1H3. The molecule has 0 saturated heterocycles. The number of halogens is 1. The molecule has 3 heteroatoms. The SMILES string of the molecule is CC(O)(c1cccc(Cl)c1)C1(C#N)CC2CCC1C2. The lowest BCUT2D eigenvalue weighted by molar-refractivity contribution is -0.0734. The Morgan fingerprint density at radius 3 is 2.79 bits per heavy atom. The molecule has 2 bridgehead atoms. The summed E-state index contributed by atoms with van der Waals surface area (Å²) in [7, 11) is 0. The van der Waals surface area contributed by atoms with E-state index < -0.39 is 11.0 Å². The maximum absolute atomic E-state index is 11.1. The van der Waals surface area contributed by atoms with Gasteiger partial charge in [-0.15, -0.1) is 0 Å². The average molecular weight is 276 g/mol. The Morgan fingerprint density at radius 2 is 2.26 bits per heavy atom. The molecule has 4 unspecified atom stereocenters. The highest BCUT2D eigenvalue weighted by Crippen LogP contribution is 2.62. The van der Waals surface area contributed by atoms with Gasteiger partial charge in [-0.1, -0.05) is 30.2 Å². The number of hydrogen-bond donors (Lipinski definition) is 1. The number of fused-ring (bicyclic) bond motifs is 2. The molecule has 1 aromatic rings. The average Bonchev–Trinajstić information content (AvgIpc) is 2.99. The molecule has 0 heterocycles. The van der Waals surface area contributed by atoms with E-state index in [2.05, 4.69) is 6.07 Å². The van der Waals surface area contributed by atoms with Crippen LogP contribution in [0.3, 0.4) is 0 Å². The fourth-order valence-electron chi connectivity index (χ4n) is 4.22. The molecule has 2 saturated carbocycles. The van der Waals surface area contributed by atoms with Gasteiger partial charge in [0.15, 0.2) is 0 Å². The Labute approximate surface area is 119 Å². The van der Waals surface area contributed by atoms with Crippen LogP contribution in [0.15, 0.2) is 24.3 Å². The van der Waals surface area contributed by atoms with Crippen LogP contribution in [-0.2, 0) is 5.60 Å². The van der Waals surface area contributed by atoms with Crippen molar-refractivity contribution in [3.63, 3.8) is 0 Å². The highest BCUT2D eigenvalue weighted by molar-refractivity contribution is 6.30. The second-order valence-electron chi connectivity index (χ2n) is 6.25. The lowest BCUT2D eigenvalue weighted by Crippen LogP contribution is -2.46. The van der Waals surface area contributed by atoms with Gasteiger partial charge in [-0.05, 0) is 55.7 Å². The van der Waals surface area contributed by atoms with Gasteiger partial charge in [-0.3, -0.25) is 0 Å². The van der Waals surface area contributed by atoms with E-state index in [1.165, 1.54) is 6.42 Å². The van der Waals surface area contributed by atoms with Crippen LogP contribution < -0.4 is 0 Å². The van der Waals surface area contributed by atoms with Gasteiger partial charge in [0.1, 0.15) is 5.60 Å². The van der Waals surface area contributed by atoms with E-state index in [0.29, 0.717) is 16.9 Å². The molecule has 0 aliphatic heterocycles. The van der Waals surface area contributed by atoms with E-state index in [4.69, 9.17) is 11.6 Å². The predicted octanol–water partition coefficient (Wildman–Crippen LogP) is 3.88. The molecule has 2 aliphatic rings. The highest BCUT2D eigenvalue weighted by atomic mass is 35.5. The van der Waals surface area contributed by atoms with E-state index in [1.54, 1.807) is 19.1 Å². The third kappa shape index (κ3) is 1.72. The van der Waals surface area contributed by atoms with E-state index in [-0.39, 0.29) is 0 Å². The van der Waals surface area contributed by atoms with Gasteiger partial charge >= 0.3 is 0 Å². The minimum atomic E-state index is -1.13. The highest BCUT2D eigenvalue weighted by Gasteiger charge is 2.60. The third-order valence-electron chi connectivity index (χ3n) is 5.30. The Hall–Kier alpha value is -1.04. The first-order valence-electron chi connectivity index (χ1n) is 6.89. The van der Waals surface area contributed by atoms with Crippen LogP contribution in [0.2, 0.25) is 5.02 Å². The van der Waals surface area contributed by atoms with Crippen LogP contribution >= 0.6 is 11.6 Å². The maximum atomic E-state index is 11.1. The summed E-state index contributed by atoms with van der Waals surface area (Å²) < 4.78 is 0. The summed E-state index contributed by atoms with van der Waals surface area (Å²) in [5.74, 6) is 0.923. The van der Waals surface area contributed by atoms with Crippen molar-refractivity contribution in [3.8, 4) is 6.07 Å². The van der Waals surface area contributed by atoms with E-state index >= 15 is 0 Å². The monoisotopic (exact) mass is 275 g/mol. The largest absolute Gasteiger partial charge is 0.384 e. The van der Waals surface area contributed by atoms with Crippen LogP contribution in [0.4, 0.5) is 0 Å². The molecule has 2 aliphatic carbocycles. The summed E-state index contributed by atoms with van der Waals surface area (Å²) in [5, 5.41) is 21.5. The lowest BCUT2D eigenvalue weighted by Gasteiger charge is -2.43. The Bertz CT molecular complexity index is 548. The molecule has 19 heavy (non-hydrogen) atoms. The molecular formula is C16H18ClNO. The number of aliphatic hydroxyl groups is 1. The van der Waals surface area contributed by atoms with Crippen molar-refractivity contribution in [2.24, 2.45) is 17.3 Å². The van der Waals surface area contributed by atoms with Crippen molar-refractivity contribution < 1.29 is 5.11 Å². The summed E-state index contributed by atoms with van der Waals surface area (Å²) in [6, 6.07) is 9.76. The van der Waals surface area contributed by atoms with E-state index in [1.807, 2.05) is 12.1 Å². The summed E-state index contributed by atoms with van der Waals surface area (Å²) >= 11 is 6.03. The minimum Gasteiger partial charge on any atom is -0.384 e. The van der Waals surface area contributed by atoms with Crippen molar-refractivity contribution >= 4 is 11.6 Å². The van der Waals surface area contributed by atoms with Crippen molar-refractivity contribution in [1.82, 2.24) is 0 Å². The first-order chi connectivity index (χ1) is 8.99. The van der Waals surface area contributed by atoms with Crippen molar-refractivity contribution in [2.75, 3.05) is 0 Å². The van der Waals surface area contributed by atoms with Gasteiger partial charge in [0.25, 0.3) is 0 Å². The quantitative estimate of drug-likeness (QED) is 0.890. The zero-order valence-corrected chi connectivity index (χ0v) is 11.8. The van der Waals surface area contributed by atoms with Crippen LogP contribution in [0.5, 0.6) is 0 Å². The predicted molar refractivity (Wildman–Crippen MR) is 74.5 cm³/mol. The topological polar surface area (TPSA) is 44.0 Å². The summed E-state index contributed by atoms with van der Waals surface area (Å²) in [6.45, 7) is 1.78. The van der Waals surface area contributed by atoms with Crippen LogP contribution in [0.25, 0.3) is 0 Å². The number of nitrogens with zero attached hydrogens (tertiary/aromatic N) is 1. The molecule has 0 aromatic heterocycles. The second-order valence-corrected chi connectivity index (χ2v) is 6.68. The zero-order valence-electron chi connectivity index (χ0n) is 11.1. The number of nitriles is 1. The van der Waals surface area contributed by atoms with E-state index in [9.17, 15) is 10.4 Å². The van der Waals surface area contributed by atoms with Crippen molar-refractivity contribution in [2.45, 2.75) is 38.2 Å². The molecule has 1 aromatic carbocycles. The first kappa shape index (κ1) is 13.0. The third-order valence-corrected chi connectivity index (χ3v) is 5.54. The molecule has 0 radical (unpaired) electrons. The fraction of sp³-hybridized carbons (Fsp3) is 0.562. The smallest absolute Gasteiger partial charge is 0.106 e. The maximum Gasteiger partial charge on any atom is 0.106 e. The molecule has 4 atom stereocenters. The Morgan fingerprint density at radius 1 is 1.47 bits per heavy atom. The van der Waals surface area contributed by atoms with E-state index in [0.717, 1.165) is 24.8 Å². The van der Waals surface area contributed by atoms with Gasteiger partial charge in [0.2, 0.25) is 0 Å². The Kier molecular flexibility index (Phi) is 2.89. The van der Waals surface area contributed by atoms with Crippen molar-refractivity contribution in [1.29, 1.82) is 5.26 Å². The summed E-state index contributed by atoms with van der Waals surface area (Å²) in [4.78, 5) is 0. The first-order valence-corrected chi connectivity index (χ1v) is 7.27. The van der Waals surface area contributed by atoms with Gasteiger partial charge in [-0.25, -0.2) is 0 Å². The van der Waals surface area contributed by atoms with Gasteiger partial charge in [0, 0.05) is 5.02 Å².